The van der Waals surface area contributed by atoms with E-state index >= 15 is 0 Å². The molecule has 0 spiro atoms. The number of rotatable bonds is 4. The van der Waals surface area contributed by atoms with Gasteiger partial charge >= 0.3 is 0 Å². The number of nitrogens with zero attached hydrogens (tertiary/aromatic N) is 1. The lowest BCUT2D eigenvalue weighted by Crippen LogP contribution is -2.19. The molecule has 5 heteroatoms. The number of phenols is 1. The van der Waals surface area contributed by atoms with Crippen LogP contribution in [0, 0.1) is 6.92 Å². The number of aliphatic imine (C=N–C) groups is 1. The number of phenolic OH excluding ortho intramolecular Hbond substituents is 1. The monoisotopic (exact) mass is 378 g/mol. The molecule has 0 radical (unpaired) electrons. The molecule has 2 aromatic carbocycles. The van der Waals surface area contributed by atoms with Crippen LogP contribution in [0.1, 0.15) is 36.5 Å². The number of benzene rings is 2. The SMILES string of the molecule is Cc1cc(O)c(C(C)C)cc1N=C1NC(=O)/C(=C\C=C\c2ccccc2)S1. The van der Waals surface area contributed by atoms with E-state index in [-0.39, 0.29) is 17.6 Å². The summed E-state index contributed by atoms with van der Waals surface area (Å²) in [5.74, 6) is 0.312. The molecule has 1 aliphatic heterocycles. The number of hydrogen-bond acceptors (Lipinski definition) is 4. The minimum atomic E-state index is -0.156. The van der Waals surface area contributed by atoms with Gasteiger partial charge in [-0.2, -0.15) is 0 Å². The quantitative estimate of drug-likeness (QED) is 0.712. The summed E-state index contributed by atoms with van der Waals surface area (Å²) in [5, 5.41) is 13.4. The standard InChI is InChI=1S/C22H22N2O2S/c1-14(2)17-13-18(15(3)12-19(17)25)23-22-24-21(26)20(27-22)11-7-10-16-8-5-4-6-9-16/h4-14,25H,1-3H3,(H,23,24,26)/b10-7+,20-11+. The van der Waals surface area contributed by atoms with Gasteiger partial charge in [0.15, 0.2) is 5.17 Å². The summed E-state index contributed by atoms with van der Waals surface area (Å²) in [4.78, 5) is 17.4. The van der Waals surface area contributed by atoms with Crippen LogP contribution >= 0.6 is 11.8 Å². The molecule has 1 amide bonds. The van der Waals surface area contributed by atoms with Crippen molar-refractivity contribution in [1.29, 1.82) is 0 Å². The van der Waals surface area contributed by atoms with Gasteiger partial charge < -0.3 is 10.4 Å². The molecular formula is C22H22N2O2S. The molecule has 2 N–H and O–H groups in total. The smallest absolute Gasteiger partial charge is 0.264 e. The molecule has 0 bridgehead atoms. The van der Waals surface area contributed by atoms with Crippen molar-refractivity contribution in [2.45, 2.75) is 26.7 Å². The first-order valence-corrected chi connectivity index (χ1v) is 9.60. The van der Waals surface area contributed by atoms with Gasteiger partial charge in [0.2, 0.25) is 0 Å². The number of nitrogens with one attached hydrogen (secondary N) is 1. The van der Waals surface area contributed by atoms with Crippen LogP contribution in [0.25, 0.3) is 6.08 Å². The molecule has 0 saturated carbocycles. The average Bonchev–Trinajstić information content (AvgIpc) is 2.97. The number of amidine groups is 1. The van der Waals surface area contributed by atoms with Crippen molar-refractivity contribution in [3.63, 3.8) is 0 Å². The lowest BCUT2D eigenvalue weighted by atomic mass is 9.99. The Balaban J connectivity index is 1.80. The highest BCUT2D eigenvalue weighted by molar-refractivity contribution is 8.18. The predicted molar refractivity (Wildman–Crippen MR) is 113 cm³/mol. The maximum atomic E-state index is 12.2. The minimum absolute atomic E-state index is 0.156. The first-order chi connectivity index (χ1) is 12.9. The molecule has 138 valence electrons. The fourth-order valence-corrected chi connectivity index (χ4v) is 3.48. The number of carbonyl (C=O) groups excluding carboxylic acids is 1. The van der Waals surface area contributed by atoms with Crippen molar-refractivity contribution in [3.05, 3.63) is 76.2 Å². The third kappa shape index (κ3) is 4.68. The zero-order valence-corrected chi connectivity index (χ0v) is 16.4. The summed E-state index contributed by atoms with van der Waals surface area (Å²) in [7, 11) is 0. The fraction of sp³-hybridized carbons (Fsp3) is 0.182. The van der Waals surface area contributed by atoms with Crippen LogP contribution in [0.5, 0.6) is 5.75 Å². The van der Waals surface area contributed by atoms with Crippen LogP contribution in [0.3, 0.4) is 0 Å². The zero-order valence-electron chi connectivity index (χ0n) is 15.6. The van der Waals surface area contributed by atoms with E-state index in [0.29, 0.717) is 10.1 Å². The summed E-state index contributed by atoms with van der Waals surface area (Å²) in [6.45, 7) is 5.94. The largest absolute Gasteiger partial charge is 0.508 e. The molecule has 1 fully saturated rings. The van der Waals surface area contributed by atoms with E-state index in [1.807, 2.05) is 69.3 Å². The Hall–Kier alpha value is -2.79. The Morgan fingerprint density at radius 2 is 1.93 bits per heavy atom. The van der Waals surface area contributed by atoms with E-state index in [1.165, 1.54) is 11.8 Å². The molecule has 27 heavy (non-hydrogen) atoms. The zero-order chi connectivity index (χ0) is 19.4. The van der Waals surface area contributed by atoms with Gasteiger partial charge in [0.05, 0.1) is 10.6 Å². The van der Waals surface area contributed by atoms with Crippen LogP contribution in [0.15, 0.2) is 64.5 Å². The highest BCUT2D eigenvalue weighted by Crippen LogP contribution is 2.34. The van der Waals surface area contributed by atoms with Crippen molar-refractivity contribution >= 4 is 34.6 Å². The molecule has 4 nitrogen and oxygen atoms in total. The summed E-state index contributed by atoms with van der Waals surface area (Å²) < 4.78 is 0. The maximum Gasteiger partial charge on any atom is 0.264 e. The van der Waals surface area contributed by atoms with Crippen molar-refractivity contribution in [3.8, 4) is 5.75 Å². The second kappa shape index (κ2) is 8.27. The lowest BCUT2D eigenvalue weighted by Gasteiger charge is -2.11. The van der Waals surface area contributed by atoms with Gasteiger partial charge in [-0.1, -0.05) is 56.3 Å². The molecule has 1 aliphatic rings. The van der Waals surface area contributed by atoms with E-state index < -0.39 is 0 Å². The normalized spacial score (nSPS) is 17.4. The van der Waals surface area contributed by atoms with Crippen molar-refractivity contribution < 1.29 is 9.90 Å². The highest BCUT2D eigenvalue weighted by Gasteiger charge is 2.23. The van der Waals surface area contributed by atoms with E-state index in [4.69, 9.17) is 0 Å². The van der Waals surface area contributed by atoms with Crippen LogP contribution in [0.2, 0.25) is 0 Å². The number of aromatic hydroxyl groups is 1. The van der Waals surface area contributed by atoms with Crippen LogP contribution < -0.4 is 5.32 Å². The Kier molecular flexibility index (Phi) is 5.81. The Bertz CT molecular complexity index is 944. The Labute approximate surface area is 163 Å². The molecule has 0 atom stereocenters. The summed E-state index contributed by atoms with van der Waals surface area (Å²) in [6, 6.07) is 13.5. The van der Waals surface area contributed by atoms with Crippen molar-refractivity contribution in [2.24, 2.45) is 4.99 Å². The van der Waals surface area contributed by atoms with E-state index in [9.17, 15) is 9.90 Å². The van der Waals surface area contributed by atoms with Gasteiger partial charge in [0.1, 0.15) is 5.75 Å². The van der Waals surface area contributed by atoms with Crippen LogP contribution in [-0.2, 0) is 4.79 Å². The topological polar surface area (TPSA) is 61.7 Å². The minimum Gasteiger partial charge on any atom is -0.508 e. The maximum absolute atomic E-state index is 12.2. The molecule has 0 aromatic heterocycles. The number of aryl methyl sites for hydroxylation is 1. The second-order valence-electron chi connectivity index (χ2n) is 6.63. The van der Waals surface area contributed by atoms with Gasteiger partial charge in [0.25, 0.3) is 5.91 Å². The van der Waals surface area contributed by atoms with Gasteiger partial charge in [-0.3, -0.25) is 4.79 Å². The number of allylic oxidation sites excluding steroid dienone is 2. The fourth-order valence-electron chi connectivity index (χ4n) is 2.70. The molecule has 0 aliphatic carbocycles. The predicted octanol–water partition coefficient (Wildman–Crippen LogP) is 5.27. The highest BCUT2D eigenvalue weighted by atomic mass is 32.2. The van der Waals surface area contributed by atoms with Crippen molar-refractivity contribution in [2.75, 3.05) is 0 Å². The van der Waals surface area contributed by atoms with Crippen LogP contribution in [0.4, 0.5) is 5.69 Å². The number of amides is 1. The Morgan fingerprint density at radius 1 is 1.19 bits per heavy atom. The second-order valence-corrected chi connectivity index (χ2v) is 7.66. The summed E-state index contributed by atoms with van der Waals surface area (Å²) >= 11 is 1.31. The number of thioether (sulfide) groups is 1. The van der Waals surface area contributed by atoms with Gasteiger partial charge in [0, 0.05) is 0 Å². The molecule has 1 heterocycles. The van der Waals surface area contributed by atoms with Gasteiger partial charge in [-0.15, -0.1) is 0 Å². The summed E-state index contributed by atoms with van der Waals surface area (Å²) in [6.07, 6.45) is 5.61. The van der Waals surface area contributed by atoms with E-state index in [2.05, 4.69) is 10.3 Å². The molecule has 2 aromatic rings. The molecular weight excluding hydrogens is 356 g/mol. The molecule has 0 unspecified atom stereocenters. The van der Waals surface area contributed by atoms with Crippen LogP contribution in [-0.4, -0.2) is 16.2 Å². The van der Waals surface area contributed by atoms with Crippen molar-refractivity contribution in [1.82, 2.24) is 5.32 Å². The third-order valence-electron chi connectivity index (χ3n) is 4.18. The number of carbonyl (C=O) groups is 1. The molecule has 3 rings (SSSR count). The first-order valence-electron chi connectivity index (χ1n) is 8.79. The molecule has 1 saturated heterocycles. The number of hydrogen-bond donors (Lipinski definition) is 2. The van der Waals surface area contributed by atoms with E-state index in [1.54, 1.807) is 12.1 Å². The lowest BCUT2D eigenvalue weighted by molar-refractivity contribution is -0.115. The first kappa shape index (κ1) is 19.0. The van der Waals surface area contributed by atoms with Gasteiger partial charge in [-0.05, 0) is 59.5 Å². The van der Waals surface area contributed by atoms with Gasteiger partial charge in [-0.25, -0.2) is 4.99 Å². The Morgan fingerprint density at radius 3 is 2.63 bits per heavy atom. The van der Waals surface area contributed by atoms with E-state index in [0.717, 1.165) is 22.4 Å². The average molecular weight is 378 g/mol. The summed E-state index contributed by atoms with van der Waals surface area (Å²) in [5.41, 5.74) is 3.53. The third-order valence-corrected chi connectivity index (χ3v) is 5.10.